The summed E-state index contributed by atoms with van der Waals surface area (Å²) in [5.74, 6) is 1.60. The van der Waals surface area contributed by atoms with Gasteiger partial charge in [0, 0.05) is 41.8 Å². The summed E-state index contributed by atoms with van der Waals surface area (Å²) in [6.45, 7) is 1.53. The lowest BCUT2D eigenvalue weighted by atomic mass is 9.99. The van der Waals surface area contributed by atoms with Crippen molar-refractivity contribution in [3.05, 3.63) is 64.5 Å². The van der Waals surface area contributed by atoms with E-state index in [9.17, 15) is 10.1 Å². The number of methoxy groups -OCH3 is 1. The number of nitrogens with zero attached hydrogens (tertiary/aromatic N) is 3. The van der Waals surface area contributed by atoms with Gasteiger partial charge in [0.05, 0.1) is 12.0 Å². The van der Waals surface area contributed by atoms with E-state index in [1.807, 2.05) is 24.4 Å². The number of hydrogen-bond donors (Lipinski definition) is 1. The van der Waals surface area contributed by atoms with E-state index in [0.717, 1.165) is 42.0 Å². The summed E-state index contributed by atoms with van der Waals surface area (Å²) >= 11 is 0. The van der Waals surface area contributed by atoms with Gasteiger partial charge < -0.3 is 14.6 Å². The highest BCUT2D eigenvalue weighted by molar-refractivity contribution is 5.93. The molecule has 1 aliphatic heterocycles. The Morgan fingerprint density at radius 1 is 1.31 bits per heavy atom. The van der Waals surface area contributed by atoms with Gasteiger partial charge in [-0.3, -0.25) is 10.1 Å². The van der Waals surface area contributed by atoms with E-state index >= 15 is 0 Å². The fourth-order valence-electron chi connectivity index (χ4n) is 3.29. The van der Waals surface area contributed by atoms with Crippen molar-refractivity contribution in [1.82, 2.24) is 9.97 Å². The molecule has 2 aromatic heterocycles. The molecule has 3 heterocycles. The van der Waals surface area contributed by atoms with Gasteiger partial charge >= 0.3 is 0 Å². The van der Waals surface area contributed by atoms with E-state index in [1.54, 1.807) is 13.2 Å². The molecule has 0 amide bonds. The Kier molecular flexibility index (Phi) is 4.04. The third kappa shape index (κ3) is 2.88. The largest absolute Gasteiger partial charge is 0.497 e. The molecule has 7 nitrogen and oxygen atoms in total. The molecule has 4 rings (SSSR count). The van der Waals surface area contributed by atoms with Crippen molar-refractivity contribution in [3.63, 3.8) is 0 Å². The van der Waals surface area contributed by atoms with Crippen LogP contribution < -0.4 is 9.64 Å². The molecule has 0 saturated carbocycles. The van der Waals surface area contributed by atoms with Gasteiger partial charge in [-0.2, -0.15) is 0 Å². The highest BCUT2D eigenvalue weighted by Gasteiger charge is 2.17. The van der Waals surface area contributed by atoms with Crippen LogP contribution >= 0.6 is 0 Å². The van der Waals surface area contributed by atoms with Gasteiger partial charge in [-0.15, -0.1) is 0 Å². The minimum absolute atomic E-state index is 0.00901. The zero-order valence-electron chi connectivity index (χ0n) is 14.3. The summed E-state index contributed by atoms with van der Waals surface area (Å²) in [5, 5.41) is 11.9. The monoisotopic (exact) mass is 350 g/mol. The van der Waals surface area contributed by atoms with Crippen LogP contribution in [-0.4, -0.2) is 35.1 Å². The standard InChI is InChI=1S/C19H18N4O3/c1-26-15-3-4-18-16(10-15)17(12-20-18)13-6-8-22(9-7-13)19-5-2-14(11-21-19)23(24)25/h2-6,10-12,20H,7-9H2,1H3. The number of pyridine rings is 1. The Balaban J connectivity index is 1.57. The number of ether oxygens (including phenoxy) is 1. The lowest BCUT2D eigenvalue weighted by Crippen LogP contribution is -2.28. The third-order valence-electron chi connectivity index (χ3n) is 4.71. The third-order valence-corrected chi connectivity index (χ3v) is 4.71. The average Bonchev–Trinajstić information content (AvgIpc) is 3.11. The second-order valence-electron chi connectivity index (χ2n) is 6.17. The summed E-state index contributed by atoms with van der Waals surface area (Å²) in [5.41, 5.74) is 3.56. The van der Waals surface area contributed by atoms with E-state index in [-0.39, 0.29) is 5.69 Å². The predicted molar refractivity (Wildman–Crippen MR) is 101 cm³/mol. The Bertz CT molecular complexity index is 992. The SMILES string of the molecule is COc1ccc2[nH]cc(C3=CCN(c4ccc([N+](=O)[O-])cn4)CC3)c2c1. The number of H-pyrrole nitrogens is 1. The van der Waals surface area contributed by atoms with Crippen LogP contribution in [0.4, 0.5) is 11.5 Å². The van der Waals surface area contributed by atoms with Gasteiger partial charge in [0.15, 0.2) is 0 Å². The van der Waals surface area contributed by atoms with Gasteiger partial charge in [0.1, 0.15) is 17.8 Å². The van der Waals surface area contributed by atoms with Gasteiger partial charge in [-0.05, 0) is 36.3 Å². The molecule has 132 valence electrons. The number of aromatic amines is 1. The predicted octanol–water partition coefficient (Wildman–Crippen LogP) is 3.77. The van der Waals surface area contributed by atoms with Crippen LogP contribution in [0.25, 0.3) is 16.5 Å². The van der Waals surface area contributed by atoms with Crippen molar-refractivity contribution in [2.75, 3.05) is 25.1 Å². The number of aromatic nitrogens is 2. The Hall–Kier alpha value is -3.35. The first-order chi connectivity index (χ1) is 12.7. The normalized spacial score (nSPS) is 14.3. The Morgan fingerprint density at radius 2 is 2.19 bits per heavy atom. The number of hydrogen-bond acceptors (Lipinski definition) is 5. The molecule has 3 aromatic rings. The number of fused-ring (bicyclic) bond motifs is 1. The second-order valence-corrected chi connectivity index (χ2v) is 6.17. The molecule has 0 bridgehead atoms. The molecule has 0 unspecified atom stereocenters. The lowest BCUT2D eigenvalue weighted by Gasteiger charge is -2.27. The van der Waals surface area contributed by atoms with Crippen LogP contribution in [0, 0.1) is 10.1 Å². The van der Waals surface area contributed by atoms with Gasteiger partial charge in [0.25, 0.3) is 5.69 Å². The molecule has 0 radical (unpaired) electrons. The maximum Gasteiger partial charge on any atom is 0.287 e. The van der Waals surface area contributed by atoms with E-state index in [4.69, 9.17) is 4.74 Å². The van der Waals surface area contributed by atoms with E-state index in [1.165, 1.54) is 23.4 Å². The molecule has 0 spiro atoms. The summed E-state index contributed by atoms with van der Waals surface area (Å²) < 4.78 is 5.34. The van der Waals surface area contributed by atoms with E-state index < -0.39 is 4.92 Å². The fraction of sp³-hybridized carbons (Fsp3) is 0.211. The first-order valence-electron chi connectivity index (χ1n) is 8.35. The molecular formula is C19H18N4O3. The maximum absolute atomic E-state index is 10.7. The highest BCUT2D eigenvalue weighted by atomic mass is 16.6. The molecule has 1 aromatic carbocycles. The Morgan fingerprint density at radius 3 is 2.85 bits per heavy atom. The molecule has 1 N–H and O–H groups in total. The number of rotatable bonds is 4. The highest BCUT2D eigenvalue weighted by Crippen LogP contribution is 2.32. The smallest absolute Gasteiger partial charge is 0.287 e. The van der Waals surface area contributed by atoms with Crippen molar-refractivity contribution in [2.45, 2.75) is 6.42 Å². The second kappa shape index (κ2) is 6.51. The molecule has 0 atom stereocenters. The fourth-order valence-corrected chi connectivity index (χ4v) is 3.29. The minimum Gasteiger partial charge on any atom is -0.497 e. The van der Waals surface area contributed by atoms with Crippen LogP contribution in [0.3, 0.4) is 0 Å². The summed E-state index contributed by atoms with van der Waals surface area (Å²) in [6, 6.07) is 9.21. The maximum atomic E-state index is 10.7. The number of benzene rings is 1. The molecule has 0 saturated heterocycles. The molecule has 0 aliphatic carbocycles. The minimum atomic E-state index is -0.434. The van der Waals surface area contributed by atoms with Crippen molar-refractivity contribution in [3.8, 4) is 5.75 Å². The first kappa shape index (κ1) is 16.1. The average molecular weight is 350 g/mol. The van der Waals surface area contributed by atoms with Crippen LogP contribution in [-0.2, 0) is 0 Å². The summed E-state index contributed by atoms with van der Waals surface area (Å²) in [6.07, 6.45) is 6.41. The molecular weight excluding hydrogens is 332 g/mol. The lowest BCUT2D eigenvalue weighted by molar-refractivity contribution is -0.385. The van der Waals surface area contributed by atoms with Gasteiger partial charge in [0.2, 0.25) is 0 Å². The summed E-state index contributed by atoms with van der Waals surface area (Å²) in [7, 11) is 1.67. The molecule has 26 heavy (non-hydrogen) atoms. The van der Waals surface area contributed by atoms with E-state index in [0.29, 0.717) is 0 Å². The van der Waals surface area contributed by atoms with Crippen molar-refractivity contribution in [2.24, 2.45) is 0 Å². The van der Waals surface area contributed by atoms with Crippen molar-refractivity contribution >= 4 is 28.0 Å². The molecule has 0 fully saturated rings. The van der Waals surface area contributed by atoms with Gasteiger partial charge in [-0.25, -0.2) is 4.98 Å². The number of anilines is 1. The van der Waals surface area contributed by atoms with E-state index in [2.05, 4.69) is 20.9 Å². The Labute approximate surface area is 150 Å². The van der Waals surface area contributed by atoms with Crippen molar-refractivity contribution in [1.29, 1.82) is 0 Å². The van der Waals surface area contributed by atoms with Crippen LogP contribution in [0.1, 0.15) is 12.0 Å². The van der Waals surface area contributed by atoms with Crippen LogP contribution in [0.2, 0.25) is 0 Å². The first-order valence-corrected chi connectivity index (χ1v) is 8.35. The molecule has 1 aliphatic rings. The van der Waals surface area contributed by atoms with Crippen LogP contribution in [0.15, 0.2) is 48.8 Å². The zero-order valence-corrected chi connectivity index (χ0v) is 14.3. The van der Waals surface area contributed by atoms with Gasteiger partial charge in [-0.1, -0.05) is 6.08 Å². The molecule has 7 heteroatoms. The zero-order chi connectivity index (χ0) is 18.1. The number of nitrogens with one attached hydrogen (secondary N) is 1. The quantitative estimate of drug-likeness (QED) is 0.572. The number of nitro groups is 1. The van der Waals surface area contributed by atoms with Crippen molar-refractivity contribution < 1.29 is 9.66 Å². The van der Waals surface area contributed by atoms with Crippen LogP contribution in [0.5, 0.6) is 5.75 Å². The summed E-state index contributed by atoms with van der Waals surface area (Å²) in [4.78, 5) is 20.0. The topological polar surface area (TPSA) is 84.3 Å².